The smallest absolute Gasteiger partial charge is 0.272 e. The fourth-order valence-corrected chi connectivity index (χ4v) is 4.79. The number of amides is 1. The Morgan fingerprint density at radius 2 is 2.03 bits per heavy atom. The maximum Gasteiger partial charge on any atom is 0.272 e. The van der Waals surface area contributed by atoms with Crippen LogP contribution < -0.4 is 10.0 Å². The predicted molar refractivity (Wildman–Crippen MR) is 119 cm³/mol. The minimum absolute atomic E-state index is 0.158. The number of carbonyl (C=O) groups is 1. The lowest BCUT2D eigenvalue weighted by Gasteiger charge is -2.14. The van der Waals surface area contributed by atoms with Gasteiger partial charge in [0.15, 0.2) is 0 Å². The van der Waals surface area contributed by atoms with Gasteiger partial charge < -0.3 is 9.88 Å². The Morgan fingerprint density at radius 1 is 1.28 bits per heavy atom. The molecule has 6 nitrogen and oxygen atoms in total. The molecular formula is C23H19F2N5OS. The van der Waals surface area contributed by atoms with Gasteiger partial charge in [0.1, 0.15) is 23.4 Å². The standard InChI is InChI=1S/C23H19F2N5OS/c1-30-13-21-19(22(30)23(31)28-17-7-9-20(25)15(11-17)12-26)8-6-18(29-32(21)27)10-14-2-4-16(24)5-3-14/h2-9,11,13,18H,10H2,1H3,(H2,27,29)(H,28,31). The maximum atomic E-state index is 13.6. The number of rotatable bonds is 4. The normalized spacial score (nSPS) is 17.3. The number of halogens is 2. The number of benzene rings is 2. The Morgan fingerprint density at radius 3 is 2.75 bits per heavy atom. The van der Waals surface area contributed by atoms with Gasteiger partial charge in [-0.15, -0.1) is 0 Å². The molecule has 1 aliphatic rings. The number of aryl methyl sites for hydroxylation is 1. The molecule has 0 spiro atoms. The first-order valence-electron chi connectivity index (χ1n) is 9.70. The van der Waals surface area contributed by atoms with E-state index in [0.717, 1.165) is 11.6 Å². The van der Waals surface area contributed by atoms with Crippen LogP contribution >= 0.6 is 0 Å². The average Bonchev–Trinajstić information content (AvgIpc) is 3.03. The predicted octanol–water partition coefficient (Wildman–Crippen LogP) is 4.31. The molecule has 32 heavy (non-hydrogen) atoms. The Bertz CT molecular complexity index is 1290. The first kappa shape index (κ1) is 21.6. The molecule has 162 valence electrons. The molecule has 0 aliphatic carbocycles. The lowest BCUT2D eigenvalue weighted by Crippen LogP contribution is -2.29. The highest BCUT2D eigenvalue weighted by Gasteiger charge is 2.24. The van der Waals surface area contributed by atoms with Gasteiger partial charge in [-0.2, -0.15) is 5.26 Å². The summed E-state index contributed by atoms with van der Waals surface area (Å²) in [6.45, 7) is 0. The molecular weight excluding hydrogens is 432 g/mol. The third-order valence-electron chi connectivity index (χ3n) is 5.10. The van der Waals surface area contributed by atoms with E-state index in [0.29, 0.717) is 28.3 Å². The number of anilines is 1. The van der Waals surface area contributed by atoms with Crippen LogP contribution in [0.4, 0.5) is 14.5 Å². The molecule has 2 heterocycles. The average molecular weight is 452 g/mol. The lowest BCUT2D eigenvalue weighted by atomic mass is 10.1. The number of nitrogens with one attached hydrogen (secondary N) is 3. The van der Waals surface area contributed by atoms with Crippen LogP contribution in [-0.4, -0.2) is 16.5 Å². The molecule has 1 aromatic heterocycles. The highest BCUT2D eigenvalue weighted by molar-refractivity contribution is 7.84. The summed E-state index contributed by atoms with van der Waals surface area (Å²) >= 11 is 0. The van der Waals surface area contributed by atoms with Crippen LogP contribution in [0.5, 0.6) is 0 Å². The molecule has 1 aliphatic heterocycles. The summed E-state index contributed by atoms with van der Waals surface area (Å²) in [5, 5.41) is 11.7. The van der Waals surface area contributed by atoms with Crippen molar-refractivity contribution >= 4 is 28.5 Å². The summed E-state index contributed by atoms with van der Waals surface area (Å²) in [6, 6.07) is 11.6. The van der Waals surface area contributed by atoms with Crippen LogP contribution in [0.15, 0.2) is 59.6 Å². The molecule has 4 rings (SSSR count). The van der Waals surface area contributed by atoms with Crippen molar-refractivity contribution in [3.05, 3.63) is 88.8 Å². The number of fused-ring (bicyclic) bond motifs is 1. The second kappa shape index (κ2) is 8.86. The zero-order valence-electron chi connectivity index (χ0n) is 17.0. The van der Waals surface area contributed by atoms with Gasteiger partial charge in [-0.1, -0.05) is 24.3 Å². The summed E-state index contributed by atoms with van der Waals surface area (Å²) in [5.41, 5.74) is 2.06. The first-order chi connectivity index (χ1) is 15.4. The van der Waals surface area contributed by atoms with Crippen molar-refractivity contribution in [1.82, 2.24) is 9.29 Å². The minimum Gasteiger partial charge on any atom is -0.345 e. The van der Waals surface area contributed by atoms with Crippen molar-refractivity contribution < 1.29 is 13.6 Å². The number of nitrogens with zero attached hydrogens (tertiary/aromatic N) is 2. The molecule has 0 fully saturated rings. The van der Waals surface area contributed by atoms with Gasteiger partial charge in [-0.3, -0.25) is 9.57 Å². The highest BCUT2D eigenvalue weighted by atomic mass is 32.2. The third-order valence-corrected chi connectivity index (χ3v) is 6.40. The monoisotopic (exact) mass is 451 g/mol. The van der Waals surface area contributed by atoms with Gasteiger partial charge >= 0.3 is 0 Å². The van der Waals surface area contributed by atoms with Gasteiger partial charge in [0.2, 0.25) is 0 Å². The van der Waals surface area contributed by atoms with E-state index in [1.165, 1.54) is 24.3 Å². The van der Waals surface area contributed by atoms with Gasteiger partial charge in [0.05, 0.1) is 10.5 Å². The summed E-state index contributed by atoms with van der Waals surface area (Å²) < 4.78 is 40.2. The van der Waals surface area contributed by atoms with E-state index in [2.05, 4.69) is 10.0 Å². The van der Waals surface area contributed by atoms with Gasteiger partial charge in [0.25, 0.3) is 5.91 Å². The van der Waals surface area contributed by atoms with Crippen molar-refractivity contribution in [1.29, 1.82) is 10.0 Å². The fraction of sp³-hybridized carbons (Fsp3) is 0.130. The molecule has 0 bridgehead atoms. The van der Waals surface area contributed by atoms with Crippen molar-refractivity contribution in [2.45, 2.75) is 17.4 Å². The number of nitriles is 1. The summed E-state index contributed by atoms with van der Waals surface area (Å²) in [7, 11) is 0.637. The van der Waals surface area contributed by atoms with Crippen LogP contribution in [0.1, 0.15) is 27.2 Å². The molecule has 9 heteroatoms. The number of carbonyl (C=O) groups excluding carboxylic acids is 1. The molecule has 2 unspecified atom stereocenters. The fourth-order valence-electron chi connectivity index (χ4n) is 3.55. The number of aromatic nitrogens is 1. The Balaban J connectivity index is 1.60. The van der Waals surface area contributed by atoms with E-state index in [-0.39, 0.29) is 17.4 Å². The van der Waals surface area contributed by atoms with Gasteiger partial charge in [0, 0.05) is 30.5 Å². The number of hydrogen-bond acceptors (Lipinski definition) is 3. The van der Waals surface area contributed by atoms with Gasteiger partial charge in [-0.25, -0.2) is 13.5 Å². The van der Waals surface area contributed by atoms with E-state index >= 15 is 0 Å². The SMILES string of the molecule is Cn1cc2c(c1C(=O)Nc1ccc(F)c(C#N)c1)C=CC(Cc1ccc(F)cc1)NS2=N. The molecule has 2 atom stereocenters. The molecule has 3 aromatic rings. The lowest BCUT2D eigenvalue weighted by molar-refractivity contribution is 0.101. The second-order valence-electron chi connectivity index (χ2n) is 7.35. The molecule has 0 radical (unpaired) electrons. The topological polar surface area (TPSA) is 93.7 Å². The van der Waals surface area contributed by atoms with E-state index in [4.69, 9.17) is 10.0 Å². The van der Waals surface area contributed by atoms with Crippen molar-refractivity contribution in [2.24, 2.45) is 7.05 Å². The van der Waals surface area contributed by atoms with Crippen molar-refractivity contribution in [2.75, 3.05) is 5.32 Å². The largest absolute Gasteiger partial charge is 0.345 e. The van der Waals surface area contributed by atoms with Crippen molar-refractivity contribution in [3.63, 3.8) is 0 Å². The van der Waals surface area contributed by atoms with E-state index in [1.807, 2.05) is 12.2 Å². The first-order valence-corrected chi connectivity index (χ1v) is 10.9. The molecule has 2 aromatic carbocycles. The van der Waals surface area contributed by atoms with Crippen LogP contribution in [0.25, 0.3) is 6.08 Å². The van der Waals surface area contributed by atoms with Crippen LogP contribution in [0.3, 0.4) is 0 Å². The molecule has 0 saturated heterocycles. The van der Waals surface area contributed by atoms with Crippen LogP contribution in [-0.2, 0) is 24.3 Å². The molecule has 0 saturated carbocycles. The van der Waals surface area contributed by atoms with E-state index < -0.39 is 22.6 Å². The Hall–Kier alpha value is -3.61. The third kappa shape index (κ3) is 4.37. The van der Waals surface area contributed by atoms with Crippen LogP contribution in [0.2, 0.25) is 0 Å². The van der Waals surface area contributed by atoms with Crippen molar-refractivity contribution in [3.8, 4) is 6.07 Å². The summed E-state index contributed by atoms with van der Waals surface area (Å²) in [4.78, 5) is 13.7. The molecule has 1 amide bonds. The van der Waals surface area contributed by atoms with E-state index in [9.17, 15) is 13.6 Å². The van der Waals surface area contributed by atoms with E-state index in [1.54, 1.807) is 36.0 Å². The quantitative estimate of drug-likeness (QED) is 0.552. The zero-order valence-corrected chi connectivity index (χ0v) is 17.8. The van der Waals surface area contributed by atoms with Crippen LogP contribution in [0, 0.1) is 27.7 Å². The maximum absolute atomic E-state index is 13.6. The summed E-state index contributed by atoms with van der Waals surface area (Å²) in [6.07, 6.45) is 6.03. The summed E-state index contributed by atoms with van der Waals surface area (Å²) in [5.74, 6) is -1.38. The Labute approximate surface area is 186 Å². The highest BCUT2D eigenvalue weighted by Crippen LogP contribution is 2.26. The van der Waals surface area contributed by atoms with Gasteiger partial charge in [-0.05, 0) is 53.2 Å². The number of hydrogen-bond donors (Lipinski definition) is 3. The molecule has 3 N–H and O–H groups in total. The minimum atomic E-state index is -1.08. The zero-order chi connectivity index (χ0) is 22.8. The Kier molecular flexibility index (Phi) is 5.99. The second-order valence-corrected chi connectivity index (χ2v) is 8.64.